The van der Waals surface area contributed by atoms with Crippen LogP contribution in [-0.2, 0) is 4.79 Å². The van der Waals surface area contributed by atoms with E-state index in [2.05, 4.69) is 21.2 Å². The number of carbonyl (C=O) groups is 1. The molecule has 2 aromatic rings. The molecule has 0 bridgehead atoms. The molecule has 0 aromatic heterocycles. The van der Waals surface area contributed by atoms with Gasteiger partial charge >= 0.3 is 0 Å². The molecule has 1 amide bonds. The minimum Gasteiger partial charge on any atom is -0.481 e. The van der Waals surface area contributed by atoms with Crippen LogP contribution in [-0.4, -0.2) is 12.0 Å². The number of ether oxygens (including phenoxy) is 1. The van der Waals surface area contributed by atoms with E-state index in [1.807, 2.05) is 0 Å². The van der Waals surface area contributed by atoms with Crippen LogP contribution in [0.1, 0.15) is 6.92 Å². The number of benzene rings is 2. The van der Waals surface area contributed by atoms with Crippen LogP contribution >= 0.6 is 15.9 Å². The Morgan fingerprint density at radius 1 is 1.09 bits per heavy atom. The minimum atomic E-state index is -1.08. The fraction of sp³-hybridized carbons (Fsp3) is 0.133. The summed E-state index contributed by atoms with van der Waals surface area (Å²) in [7, 11) is 0. The maximum atomic E-state index is 13.6. The first-order chi connectivity index (χ1) is 10.4. The van der Waals surface area contributed by atoms with Crippen molar-refractivity contribution < 1.29 is 22.7 Å². The van der Waals surface area contributed by atoms with Crippen molar-refractivity contribution in [2.45, 2.75) is 13.0 Å². The Morgan fingerprint density at radius 2 is 1.82 bits per heavy atom. The van der Waals surface area contributed by atoms with Gasteiger partial charge in [0.25, 0.3) is 5.91 Å². The Hall–Kier alpha value is -2.02. The SMILES string of the molecule is C[C@@H](Oc1ccc(F)c(F)c1)C(=O)Nc1ccc(Br)cc1F. The molecule has 1 atom stereocenters. The van der Waals surface area contributed by atoms with Gasteiger partial charge in [0.15, 0.2) is 17.7 Å². The van der Waals surface area contributed by atoms with Gasteiger partial charge in [-0.3, -0.25) is 4.79 Å². The molecule has 0 aliphatic carbocycles. The molecular weight excluding hydrogens is 363 g/mol. The molecule has 0 aliphatic heterocycles. The highest BCUT2D eigenvalue weighted by Gasteiger charge is 2.17. The summed E-state index contributed by atoms with van der Waals surface area (Å²) < 4.78 is 45.2. The van der Waals surface area contributed by atoms with Crippen LogP contribution in [0, 0.1) is 17.5 Å². The Morgan fingerprint density at radius 3 is 2.45 bits per heavy atom. The van der Waals surface area contributed by atoms with E-state index in [0.717, 1.165) is 12.1 Å². The van der Waals surface area contributed by atoms with E-state index in [0.29, 0.717) is 4.47 Å². The lowest BCUT2D eigenvalue weighted by Gasteiger charge is -2.15. The molecule has 1 N–H and O–H groups in total. The second-order valence-corrected chi connectivity index (χ2v) is 5.37. The van der Waals surface area contributed by atoms with Crippen molar-refractivity contribution in [1.82, 2.24) is 0 Å². The lowest BCUT2D eigenvalue weighted by Crippen LogP contribution is -2.30. The number of carbonyl (C=O) groups excluding carboxylic acids is 1. The van der Waals surface area contributed by atoms with E-state index in [4.69, 9.17) is 4.74 Å². The lowest BCUT2D eigenvalue weighted by atomic mass is 10.2. The van der Waals surface area contributed by atoms with Crippen LogP contribution in [0.25, 0.3) is 0 Å². The predicted molar refractivity (Wildman–Crippen MR) is 79.2 cm³/mol. The molecule has 0 heterocycles. The maximum absolute atomic E-state index is 13.6. The van der Waals surface area contributed by atoms with Gasteiger partial charge in [-0.2, -0.15) is 0 Å². The molecular formula is C15H11BrF3NO2. The number of halogens is 4. The van der Waals surface area contributed by atoms with Crippen LogP contribution in [0.15, 0.2) is 40.9 Å². The Bertz CT molecular complexity index is 709. The molecule has 0 unspecified atom stereocenters. The largest absolute Gasteiger partial charge is 0.481 e. The highest BCUT2D eigenvalue weighted by molar-refractivity contribution is 9.10. The fourth-order valence-corrected chi connectivity index (χ4v) is 1.97. The molecule has 3 nitrogen and oxygen atoms in total. The van der Waals surface area contributed by atoms with Gasteiger partial charge in [0.1, 0.15) is 11.6 Å². The number of anilines is 1. The number of hydrogen-bond donors (Lipinski definition) is 1. The van der Waals surface area contributed by atoms with Crippen molar-refractivity contribution in [2.24, 2.45) is 0 Å². The monoisotopic (exact) mass is 373 g/mol. The Kier molecular flexibility index (Phi) is 5.07. The molecule has 0 fully saturated rings. The van der Waals surface area contributed by atoms with Gasteiger partial charge in [0, 0.05) is 10.5 Å². The Balaban J connectivity index is 2.04. The summed E-state index contributed by atoms with van der Waals surface area (Å²) in [6.07, 6.45) is -1.02. The van der Waals surface area contributed by atoms with E-state index in [1.54, 1.807) is 6.07 Å². The number of hydrogen-bond acceptors (Lipinski definition) is 2. The average Bonchev–Trinajstić information content (AvgIpc) is 2.45. The topological polar surface area (TPSA) is 38.3 Å². The number of amides is 1. The van der Waals surface area contributed by atoms with E-state index in [9.17, 15) is 18.0 Å². The summed E-state index contributed by atoms with van der Waals surface area (Å²) in [5, 5.41) is 2.36. The minimum absolute atomic E-state index is 0.00201. The third-order valence-electron chi connectivity index (χ3n) is 2.76. The van der Waals surface area contributed by atoms with Crippen molar-refractivity contribution in [3.63, 3.8) is 0 Å². The molecule has 2 rings (SSSR count). The van der Waals surface area contributed by atoms with Crippen molar-refractivity contribution in [1.29, 1.82) is 0 Å². The molecule has 0 spiro atoms. The summed E-state index contributed by atoms with van der Waals surface area (Å²) in [6, 6.07) is 7.09. The van der Waals surface area contributed by atoms with Gasteiger partial charge in [-0.1, -0.05) is 15.9 Å². The first-order valence-electron chi connectivity index (χ1n) is 6.24. The molecule has 0 saturated carbocycles. The van der Waals surface area contributed by atoms with Gasteiger partial charge in [-0.15, -0.1) is 0 Å². The van der Waals surface area contributed by atoms with Crippen molar-refractivity contribution in [3.05, 3.63) is 58.3 Å². The normalized spacial score (nSPS) is 11.9. The summed E-state index contributed by atoms with van der Waals surface area (Å²) in [5.74, 6) is -3.32. The third-order valence-corrected chi connectivity index (χ3v) is 3.26. The fourth-order valence-electron chi connectivity index (χ4n) is 1.63. The van der Waals surface area contributed by atoms with Crippen LogP contribution < -0.4 is 10.1 Å². The van der Waals surface area contributed by atoms with Gasteiger partial charge in [-0.05, 0) is 37.3 Å². The molecule has 22 heavy (non-hydrogen) atoms. The Labute approximate surface area is 133 Å². The number of rotatable bonds is 4. The van der Waals surface area contributed by atoms with Crippen LogP contribution in [0.5, 0.6) is 5.75 Å². The van der Waals surface area contributed by atoms with Gasteiger partial charge in [-0.25, -0.2) is 13.2 Å². The first-order valence-corrected chi connectivity index (χ1v) is 7.03. The maximum Gasteiger partial charge on any atom is 0.265 e. The summed E-state index contributed by atoms with van der Waals surface area (Å²) >= 11 is 3.10. The molecule has 7 heteroatoms. The smallest absolute Gasteiger partial charge is 0.265 e. The van der Waals surface area contributed by atoms with Crippen molar-refractivity contribution in [3.8, 4) is 5.75 Å². The van der Waals surface area contributed by atoms with Crippen LogP contribution in [0.3, 0.4) is 0 Å². The predicted octanol–water partition coefficient (Wildman–Crippen LogP) is 4.27. The van der Waals surface area contributed by atoms with E-state index < -0.39 is 29.5 Å². The van der Waals surface area contributed by atoms with Gasteiger partial charge in [0.2, 0.25) is 0 Å². The van der Waals surface area contributed by atoms with Gasteiger partial charge < -0.3 is 10.1 Å². The highest BCUT2D eigenvalue weighted by Crippen LogP contribution is 2.20. The van der Waals surface area contributed by atoms with Crippen molar-refractivity contribution in [2.75, 3.05) is 5.32 Å². The van der Waals surface area contributed by atoms with Crippen molar-refractivity contribution >= 4 is 27.5 Å². The average molecular weight is 374 g/mol. The zero-order valence-corrected chi connectivity index (χ0v) is 13.0. The van der Waals surface area contributed by atoms with Crippen LogP contribution in [0.2, 0.25) is 0 Å². The number of nitrogens with one attached hydrogen (secondary N) is 1. The van der Waals surface area contributed by atoms with Gasteiger partial charge in [0.05, 0.1) is 5.69 Å². The molecule has 0 radical (unpaired) electrons. The summed E-state index contributed by atoms with van der Waals surface area (Å²) in [4.78, 5) is 11.9. The zero-order chi connectivity index (χ0) is 16.3. The zero-order valence-electron chi connectivity index (χ0n) is 11.4. The quantitative estimate of drug-likeness (QED) is 0.868. The summed E-state index contributed by atoms with van der Waals surface area (Å²) in [5.41, 5.74) is -0.00561. The second-order valence-electron chi connectivity index (χ2n) is 4.45. The van der Waals surface area contributed by atoms with E-state index in [-0.39, 0.29) is 11.4 Å². The molecule has 0 saturated heterocycles. The van der Waals surface area contributed by atoms with E-state index in [1.165, 1.54) is 25.1 Å². The van der Waals surface area contributed by atoms with Crippen LogP contribution in [0.4, 0.5) is 18.9 Å². The first kappa shape index (κ1) is 16.4. The lowest BCUT2D eigenvalue weighted by molar-refractivity contribution is -0.122. The molecule has 116 valence electrons. The molecule has 0 aliphatic rings. The highest BCUT2D eigenvalue weighted by atomic mass is 79.9. The van der Waals surface area contributed by atoms with E-state index >= 15 is 0 Å². The molecule has 2 aromatic carbocycles. The standard InChI is InChI=1S/C15H11BrF3NO2/c1-8(22-10-3-4-11(17)12(18)7-10)15(21)20-14-5-2-9(16)6-13(14)19/h2-8H,1H3,(H,20,21)/t8-/m1/s1. The third kappa shape index (κ3) is 4.00. The second kappa shape index (κ2) is 6.83. The summed E-state index contributed by atoms with van der Waals surface area (Å²) in [6.45, 7) is 1.41.